The Morgan fingerprint density at radius 2 is 2.00 bits per heavy atom. The summed E-state index contributed by atoms with van der Waals surface area (Å²) in [5.74, 6) is 0.843. The van der Waals surface area contributed by atoms with Crippen LogP contribution < -0.4 is 10.1 Å². The maximum Gasteiger partial charge on any atom is 0.122 e. The van der Waals surface area contributed by atoms with E-state index in [1.54, 1.807) is 7.11 Å². The van der Waals surface area contributed by atoms with E-state index in [4.69, 9.17) is 4.74 Å². The van der Waals surface area contributed by atoms with Crippen molar-refractivity contribution in [2.24, 2.45) is 0 Å². The highest BCUT2D eigenvalue weighted by atomic mass is 79.9. The van der Waals surface area contributed by atoms with Gasteiger partial charge in [0, 0.05) is 28.0 Å². The lowest BCUT2D eigenvalue weighted by atomic mass is 10.2. The zero-order valence-electron chi connectivity index (χ0n) is 11.3. The van der Waals surface area contributed by atoms with Crippen LogP contribution in [0.3, 0.4) is 0 Å². The molecule has 0 saturated heterocycles. The van der Waals surface area contributed by atoms with Gasteiger partial charge in [-0.3, -0.25) is 4.98 Å². The lowest BCUT2D eigenvalue weighted by Crippen LogP contribution is -2.04. The van der Waals surface area contributed by atoms with Crippen LogP contribution in [0, 0.1) is 13.8 Å². The molecule has 0 amide bonds. The number of aromatic nitrogens is 1. The molecule has 1 heterocycles. The number of pyridine rings is 1. The second-order valence-corrected chi connectivity index (χ2v) is 5.37. The van der Waals surface area contributed by atoms with Crippen LogP contribution in [0.5, 0.6) is 5.75 Å². The minimum Gasteiger partial charge on any atom is -0.497 e. The maximum absolute atomic E-state index is 5.26. The van der Waals surface area contributed by atoms with Gasteiger partial charge in [-0.15, -0.1) is 0 Å². The minimum atomic E-state index is 0.676. The molecule has 2 aromatic rings. The van der Waals surface area contributed by atoms with Crippen LogP contribution in [0.1, 0.15) is 17.0 Å². The number of aryl methyl sites for hydroxylation is 2. The standard InChI is InChI=1S/C15H17BrN2O/c1-10-4-5-12(16)7-15(10)17-9-13-8-14(19-3)6-11(2)18-13/h4-8,17H,9H2,1-3H3. The molecule has 0 fully saturated rings. The molecule has 4 heteroatoms. The van der Waals surface area contributed by atoms with Crippen LogP contribution in [0.15, 0.2) is 34.8 Å². The Morgan fingerprint density at radius 3 is 2.74 bits per heavy atom. The van der Waals surface area contributed by atoms with Crippen molar-refractivity contribution in [3.05, 3.63) is 51.8 Å². The molecular formula is C15H17BrN2O. The van der Waals surface area contributed by atoms with Crippen LogP contribution >= 0.6 is 15.9 Å². The quantitative estimate of drug-likeness (QED) is 0.921. The Bertz CT molecular complexity index is 584. The molecule has 3 nitrogen and oxygen atoms in total. The first-order valence-electron chi connectivity index (χ1n) is 6.10. The van der Waals surface area contributed by atoms with Crippen molar-refractivity contribution >= 4 is 21.6 Å². The highest BCUT2D eigenvalue weighted by Crippen LogP contribution is 2.21. The number of methoxy groups -OCH3 is 1. The van der Waals surface area contributed by atoms with Crippen molar-refractivity contribution in [3.63, 3.8) is 0 Å². The molecule has 0 aliphatic heterocycles. The molecule has 0 atom stereocenters. The van der Waals surface area contributed by atoms with E-state index in [9.17, 15) is 0 Å². The van der Waals surface area contributed by atoms with Crippen molar-refractivity contribution in [3.8, 4) is 5.75 Å². The van der Waals surface area contributed by atoms with E-state index in [2.05, 4.69) is 45.3 Å². The summed E-state index contributed by atoms with van der Waals surface area (Å²) < 4.78 is 6.32. The summed E-state index contributed by atoms with van der Waals surface area (Å²) in [6, 6.07) is 10.1. The summed E-state index contributed by atoms with van der Waals surface area (Å²) in [5.41, 5.74) is 4.25. The fraction of sp³-hybridized carbons (Fsp3) is 0.267. The molecule has 0 unspecified atom stereocenters. The van der Waals surface area contributed by atoms with E-state index in [0.29, 0.717) is 6.54 Å². The molecule has 0 aliphatic rings. The predicted molar refractivity (Wildman–Crippen MR) is 81.7 cm³/mol. The Labute approximate surface area is 122 Å². The van der Waals surface area contributed by atoms with Crippen LogP contribution in [0.4, 0.5) is 5.69 Å². The monoisotopic (exact) mass is 320 g/mol. The molecule has 19 heavy (non-hydrogen) atoms. The highest BCUT2D eigenvalue weighted by molar-refractivity contribution is 9.10. The molecule has 0 bridgehead atoms. The molecule has 0 aliphatic carbocycles. The van der Waals surface area contributed by atoms with E-state index >= 15 is 0 Å². The van der Waals surface area contributed by atoms with Crippen LogP contribution in [0.2, 0.25) is 0 Å². The summed E-state index contributed by atoms with van der Waals surface area (Å²) in [5, 5.41) is 3.40. The average molecular weight is 321 g/mol. The van der Waals surface area contributed by atoms with Gasteiger partial charge in [-0.1, -0.05) is 22.0 Å². The molecule has 100 valence electrons. The number of hydrogen-bond acceptors (Lipinski definition) is 3. The van der Waals surface area contributed by atoms with Gasteiger partial charge in [-0.2, -0.15) is 0 Å². The Morgan fingerprint density at radius 1 is 1.21 bits per heavy atom. The van der Waals surface area contributed by atoms with Crippen molar-refractivity contribution in [1.29, 1.82) is 0 Å². The van der Waals surface area contributed by atoms with Crippen LogP contribution in [-0.2, 0) is 6.54 Å². The zero-order valence-corrected chi connectivity index (χ0v) is 12.9. The zero-order chi connectivity index (χ0) is 13.8. The van der Waals surface area contributed by atoms with E-state index in [0.717, 1.165) is 27.3 Å². The van der Waals surface area contributed by atoms with Crippen molar-refractivity contribution in [2.75, 3.05) is 12.4 Å². The molecule has 0 radical (unpaired) electrons. The van der Waals surface area contributed by atoms with E-state index in [-0.39, 0.29) is 0 Å². The number of rotatable bonds is 4. The summed E-state index contributed by atoms with van der Waals surface area (Å²) in [7, 11) is 1.67. The molecule has 0 saturated carbocycles. The number of nitrogens with zero attached hydrogens (tertiary/aromatic N) is 1. The van der Waals surface area contributed by atoms with Gasteiger partial charge in [-0.25, -0.2) is 0 Å². The van der Waals surface area contributed by atoms with Gasteiger partial charge in [0.1, 0.15) is 5.75 Å². The van der Waals surface area contributed by atoms with E-state index in [1.807, 2.05) is 25.1 Å². The van der Waals surface area contributed by atoms with Crippen molar-refractivity contribution < 1.29 is 4.74 Å². The molecule has 0 spiro atoms. The summed E-state index contributed by atoms with van der Waals surface area (Å²) >= 11 is 3.48. The fourth-order valence-electron chi connectivity index (χ4n) is 1.88. The topological polar surface area (TPSA) is 34.1 Å². The molecule has 1 N–H and O–H groups in total. The highest BCUT2D eigenvalue weighted by Gasteiger charge is 2.03. The number of halogens is 1. The lowest BCUT2D eigenvalue weighted by molar-refractivity contribution is 0.413. The second-order valence-electron chi connectivity index (χ2n) is 4.45. The number of anilines is 1. The minimum absolute atomic E-state index is 0.676. The smallest absolute Gasteiger partial charge is 0.122 e. The molecule has 2 rings (SSSR count). The van der Waals surface area contributed by atoms with Gasteiger partial charge < -0.3 is 10.1 Å². The van der Waals surface area contributed by atoms with E-state index in [1.165, 1.54) is 5.56 Å². The number of hydrogen-bond donors (Lipinski definition) is 1. The average Bonchev–Trinajstić information content (AvgIpc) is 2.39. The number of ether oxygens (including phenoxy) is 1. The normalized spacial score (nSPS) is 10.3. The predicted octanol–water partition coefficient (Wildman–Crippen LogP) is 4.08. The molecular weight excluding hydrogens is 304 g/mol. The van der Waals surface area contributed by atoms with Crippen LogP contribution in [0.25, 0.3) is 0 Å². The first kappa shape index (κ1) is 13.9. The lowest BCUT2D eigenvalue weighted by Gasteiger charge is -2.11. The summed E-state index contributed by atoms with van der Waals surface area (Å²) in [6.07, 6.45) is 0. The molecule has 1 aromatic carbocycles. The van der Waals surface area contributed by atoms with Crippen molar-refractivity contribution in [1.82, 2.24) is 4.98 Å². The number of benzene rings is 1. The van der Waals surface area contributed by atoms with Gasteiger partial charge in [0.05, 0.1) is 19.3 Å². The second kappa shape index (κ2) is 6.06. The fourth-order valence-corrected chi connectivity index (χ4v) is 2.24. The van der Waals surface area contributed by atoms with Gasteiger partial charge in [0.25, 0.3) is 0 Å². The van der Waals surface area contributed by atoms with Crippen molar-refractivity contribution in [2.45, 2.75) is 20.4 Å². The third kappa shape index (κ3) is 3.70. The number of nitrogens with one attached hydrogen (secondary N) is 1. The van der Waals surface area contributed by atoms with Gasteiger partial charge in [0.15, 0.2) is 0 Å². The maximum atomic E-state index is 5.26. The Hall–Kier alpha value is -1.55. The summed E-state index contributed by atoms with van der Waals surface area (Å²) in [4.78, 5) is 4.49. The van der Waals surface area contributed by atoms with Crippen LogP contribution in [-0.4, -0.2) is 12.1 Å². The first-order chi connectivity index (χ1) is 9.08. The van der Waals surface area contributed by atoms with Gasteiger partial charge in [0.2, 0.25) is 0 Å². The van der Waals surface area contributed by atoms with E-state index < -0.39 is 0 Å². The van der Waals surface area contributed by atoms with Gasteiger partial charge >= 0.3 is 0 Å². The first-order valence-corrected chi connectivity index (χ1v) is 6.89. The summed E-state index contributed by atoms with van der Waals surface area (Å²) in [6.45, 7) is 4.73. The SMILES string of the molecule is COc1cc(C)nc(CNc2cc(Br)ccc2C)c1. The Kier molecular flexibility index (Phi) is 4.43. The third-order valence-corrected chi connectivity index (χ3v) is 3.37. The van der Waals surface area contributed by atoms with Gasteiger partial charge in [-0.05, 0) is 31.5 Å². The molecule has 1 aromatic heterocycles. The largest absolute Gasteiger partial charge is 0.497 e. The third-order valence-electron chi connectivity index (χ3n) is 2.88. The Balaban J connectivity index is 2.14.